The van der Waals surface area contributed by atoms with Gasteiger partial charge in [-0.3, -0.25) is 4.79 Å². The zero-order chi connectivity index (χ0) is 11.2. The molecule has 3 nitrogen and oxygen atoms in total. The monoisotopic (exact) mass is 323 g/mol. The number of nitrogens with one attached hydrogen (secondary N) is 2. The van der Waals surface area contributed by atoms with Crippen molar-refractivity contribution in [2.45, 2.75) is 20.3 Å². The van der Waals surface area contributed by atoms with E-state index < -0.39 is 0 Å². The predicted octanol–water partition coefficient (Wildman–Crippen LogP) is 1.75. The van der Waals surface area contributed by atoms with Crippen LogP contribution in [0.2, 0.25) is 0 Å². The summed E-state index contributed by atoms with van der Waals surface area (Å²) in [6.07, 6.45) is 0.561. The van der Waals surface area contributed by atoms with Crippen LogP contribution in [-0.2, 0) is 37.5 Å². The Morgan fingerprint density at radius 2 is 1.88 bits per heavy atom. The number of hydrogen-bond acceptors (Lipinski definition) is 3. The summed E-state index contributed by atoms with van der Waals surface area (Å²) in [5.41, 5.74) is 0. The van der Waals surface area contributed by atoms with Crippen LogP contribution >= 0.6 is 11.8 Å². The molecule has 0 heterocycles. The van der Waals surface area contributed by atoms with E-state index in [1.807, 2.05) is 20.9 Å². The molecule has 0 aliphatic heterocycles. The summed E-state index contributed by atoms with van der Waals surface area (Å²) < 4.78 is 0. The molecule has 0 aromatic carbocycles. The number of rotatable bonds is 7. The zero-order valence-corrected chi connectivity index (χ0v) is 14.8. The molecule has 0 atom stereocenters. The van der Waals surface area contributed by atoms with Crippen molar-refractivity contribution in [1.82, 2.24) is 10.6 Å². The van der Waals surface area contributed by atoms with Crippen LogP contribution < -0.4 is 10.6 Å². The van der Waals surface area contributed by atoms with E-state index >= 15 is 0 Å². The van der Waals surface area contributed by atoms with Crippen LogP contribution in [0.3, 0.4) is 0 Å². The van der Waals surface area contributed by atoms with Gasteiger partial charge in [-0.25, -0.2) is 0 Å². The van der Waals surface area contributed by atoms with E-state index in [4.69, 9.17) is 0 Å². The molecule has 1 amide bonds. The molecule has 0 spiro atoms. The van der Waals surface area contributed by atoms with Crippen molar-refractivity contribution in [1.29, 1.82) is 0 Å². The van der Waals surface area contributed by atoms with E-state index in [0.717, 1.165) is 24.6 Å². The normalized spacial score (nSPS) is 7.75. The van der Waals surface area contributed by atoms with Gasteiger partial charge in [0.15, 0.2) is 0 Å². The third-order valence-electron chi connectivity index (χ3n) is 1.31. The first-order valence-corrected chi connectivity index (χ1v) is 6.25. The minimum atomic E-state index is 0. The van der Waals surface area contributed by atoms with Crippen molar-refractivity contribution < 1.29 is 37.5 Å². The van der Waals surface area contributed by atoms with Gasteiger partial charge in [0.1, 0.15) is 0 Å². The molecule has 16 heavy (non-hydrogen) atoms. The number of carbonyl (C=O) groups excluding carboxylic acids is 1. The van der Waals surface area contributed by atoms with Gasteiger partial charge in [-0.05, 0) is 7.05 Å². The zero-order valence-electron chi connectivity index (χ0n) is 11.1. The molecular formula is C11H26N2OSY-2. The average Bonchev–Trinajstić information content (AvgIpc) is 2.24. The molecule has 0 fully saturated rings. The van der Waals surface area contributed by atoms with Crippen molar-refractivity contribution in [2.75, 3.05) is 31.6 Å². The largest absolute Gasteiger partial charge is 0.358 e. The summed E-state index contributed by atoms with van der Waals surface area (Å²) in [5.74, 6) is 1.94. The predicted molar refractivity (Wildman–Crippen MR) is 72.0 cm³/mol. The molecule has 0 aromatic heterocycles. The summed E-state index contributed by atoms with van der Waals surface area (Å²) in [7, 11) is 1.84. The number of thioether (sulfide) groups is 1. The molecule has 1 radical (unpaired) electrons. The topological polar surface area (TPSA) is 41.1 Å². The Morgan fingerprint density at radius 3 is 2.31 bits per heavy atom. The van der Waals surface area contributed by atoms with Crippen molar-refractivity contribution in [3.8, 4) is 0 Å². The summed E-state index contributed by atoms with van der Waals surface area (Å²) in [6.45, 7) is 9.19. The molecule has 0 aliphatic rings. The Morgan fingerprint density at radius 1 is 1.31 bits per heavy atom. The maximum absolute atomic E-state index is 11.0. The van der Waals surface area contributed by atoms with Crippen molar-refractivity contribution in [2.24, 2.45) is 0 Å². The number of carbonyl (C=O) groups is 1. The standard InChI is InChI=1S/C8H17N2OS.C2H6.CH3.Y/c1-3-12-7-6-10-8(11)4-5-9-2;1-2;;/h9H,1,3-7H2,2H3,(H,10,11);1-2H3;1H3;/q-1;;-1;. The molecule has 97 valence electrons. The maximum atomic E-state index is 11.0. The fourth-order valence-electron chi connectivity index (χ4n) is 0.692. The maximum Gasteiger partial charge on any atom is 0.221 e. The van der Waals surface area contributed by atoms with Crippen LogP contribution in [0.4, 0.5) is 0 Å². The molecule has 0 rings (SSSR count). The summed E-state index contributed by atoms with van der Waals surface area (Å²) in [5, 5.41) is 5.75. The first-order chi connectivity index (χ1) is 6.81. The van der Waals surface area contributed by atoms with Gasteiger partial charge in [-0.2, -0.15) is 11.8 Å². The van der Waals surface area contributed by atoms with E-state index in [1.54, 1.807) is 11.8 Å². The number of amides is 1. The van der Waals surface area contributed by atoms with Gasteiger partial charge in [0.2, 0.25) is 5.91 Å². The fourth-order valence-corrected chi connectivity index (χ4v) is 1.14. The first-order valence-electron chi connectivity index (χ1n) is 5.09. The number of hydrogen-bond donors (Lipinski definition) is 2. The summed E-state index contributed by atoms with van der Waals surface area (Å²) in [6, 6.07) is 0. The molecular weight excluding hydrogens is 297 g/mol. The molecule has 0 unspecified atom stereocenters. The van der Waals surface area contributed by atoms with Crippen molar-refractivity contribution in [3.05, 3.63) is 14.4 Å². The van der Waals surface area contributed by atoms with E-state index in [1.165, 1.54) is 0 Å². The molecule has 0 saturated carbocycles. The average molecular weight is 323 g/mol. The molecule has 2 N–H and O–H groups in total. The van der Waals surface area contributed by atoms with Crippen molar-refractivity contribution >= 4 is 17.7 Å². The molecule has 0 saturated heterocycles. The SMILES string of the molecule is CC.[CH2-]CSCCNC(=O)CCNC.[CH3-].[Y]. The van der Waals surface area contributed by atoms with Gasteiger partial charge in [0.05, 0.1) is 0 Å². The van der Waals surface area contributed by atoms with E-state index in [2.05, 4.69) is 17.6 Å². The van der Waals surface area contributed by atoms with Gasteiger partial charge < -0.3 is 25.0 Å². The second kappa shape index (κ2) is 24.9. The fraction of sp³-hybridized carbons (Fsp3) is 0.727. The van der Waals surface area contributed by atoms with Crippen LogP contribution in [0.1, 0.15) is 20.3 Å². The summed E-state index contributed by atoms with van der Waals surface area (Å²) in [4.78, 5) is 11.0. The van der Waals surface area contributed by atoms with E-state index in [9.17, 15) is 4.79 Å². The van der Waals surface area contributed by atoms with Gasteiger partial charge in [-0.1, -0.05) is 13.8 Å². The molecule has 0 aliphatic carbocycles. The first kappa shape index (κ1) is 25.7. The molecule has 0 aromatic rings. The van der Waals surface area contributed by atoms with Gasteiger partial charge in [0, 0.05) is 58.0 Å². The molecule has 5 heteroatoms. The van der Waals surface area contributed by atoms with E-state index in [0.29, 0.717) is 6.42 Å². The van der Waals surface area contributed by atoms with Gasteiger partial charge in [0.25, 0.3) is 0 Å². The van der Waals surface area contributed by atoms with Crippen molar-refractivity contribution in [3.63, 3.8) is 0 Å². The smallest absolute Gasteiger partial charge is 0.221 e. The minimum absolute atomic E-state index is 0. The van der Waals surface area contributed by atoms with Gasteiger partial charge >= 0.3 is 0 Å². The van der Waals surface area contributed by atoms with Crippen LogP contribution in [0.15, 0.2) is 0 Å². The Labute approximate surface area is 131 Å². The molecule has 0 bridgehead atoms. The minimum Gasteiger partial charge on any atom is -0.358 e. The Balaban J connectivity index is -0.000000169. The van der Waals surface area contributed by atoms with Crippen LogP contribution in [0.5, 0.6) is 0 Å². The van der Waals surface area contributed by atoms with Crippen LogP contribution in [0.25, 0.3) is 0 Å². The van der Waals surface area contributed by atoms with E-state index in [-0.39, 0.29) is 46.0 Å². The quantitative estimate of drug-likeness (QED) is 0.554. The second-order valence-corrected chi connectivity index (χ2v) is 3.54. The third-order valence-corrected chi connectivity index (χ3v) is 2.10. The third kappa shape index (κ3) is 24.2. The van der Waals surface area contributed by atoms with Gasteiger partial charge in [-0.15, -0.1) is 5.75 Å². The van der Waals surface area contributed by atoms with Crippen LogP contribution in [-0.4, -0.2) is 37.6 Å². The Bertz CT molecular complexity index is 127. The Hall–Kier alpha value is 0.884. The Kier molecular flexibility index (Phi) is 40.0. The summed E-state index contributed by atoms with van der Waals surface area (Å²) >= 11 is 1.73. The van der Waals surface area contributed by atoms with Crippen LogP contribution in [0, 0.1) is 14.4 Å². The second-order valence-electron chi connectivity index (χ2n) is 2.32.